The lowest BCUT2D eigenvalue weighted by molar-refractivity contribution is 0.0526. The third-order valence-corrected chi connectivity index (χ3v) is 3.59. The second-order valence-electron chi connectivity index (χ2n) is 5.43. The fourth-order valence-electron chi connectivity index (χ4n) is 2.49. The van der Waals surface area contributed by atoms with Crippen LogP contribution < -0.4 is 5.32 Å². The van der Waals surface area contributed by atoms with Crippen molar-refractivity contribution in [1.29, 1.82) is 0 Å². The Morgan fingerprint density at radius 2 is 2.00 bits per heavy atom. The van der Waals surface area contributed by atoms with Crippen LogP contribution >= 0.6 is 0 Å². The first-order chi connectivity index (χ1) is 12.1. The van der Waals surface area contributed by atoms with Gasteiger partial charge in [-0.25, -0.2) is 4.79 Å². The van der Waals surface area contributed by atoms with Crippen molar-refractivity contribution in [3.63, 3.8) is 0 Å². The van der Waals surface area contributed by atoms with Gasteiger partial charge in [0.1, 0.15) is 5.69 Å². The lowest BCUT2D eigenvalue weighted by Crippen LogP contribution is -2.14. The SMILES string of the molecule is CCOC(=O)c1ccc2nc(C)cc(NC(=O)c3ccccn3)c2c1. The molecule has 0 unspecified atom stereocenters. The third kappa shape index (κ3) is 3.63. The predicted octanol–water partition coefficient (Wildman–Crippen LogP) is 3.37. The van der Waals surface area contributed by atoms with Gasteiger partial charge in [0.05, 0.1) is 23.4 Å². The number of aryl methyl sites for hydroxylation is 1. The van der Waals surface area contributed by atoms with Crippen molar-refractivity contribution in [3.8, 4) is 0 Å². The van der Waals surface area contributed by atoms with E-state index in [0.717, 1.165) is 5.69 Å². The third-order valence-electron chi connectivity index (χ3n) is 3.59. The van der Waals surface area contributed by atoms with E-state index >= 15 is 0 Å². The molecule has 2 heterocycles. The molecule has 25 heavy (non-hydrogen) atoms. The van der Waals surface area contributed by atoms with Crippen LogP contribution in [0, 0.1) is 6.92 Å². The molecule has 1 aromatic carbocycles. The van der Waals surface area contributed by atoms with Crippen molar-refractivity contribution in [2.24, 2.45) is 0 Å². The van der Waals surface area contributed by atoms with Gasteiger partial charge in [0, 0.05) is 17.3 Å². The fourth-order valence-corrected chi connectivity index (χ4v) is 2.49. The molecule has 0 aliphatic carbocycles. The first-order valence-electron chi connectivity index (χ1n) is 7.89. The van der Waals surface area contributed by atoms with Crippen LogP contribution in [0.25, 0.3) is 10.9 Å². The van der Waals surface area contributed by atoms with Crippen LogP contribution in [0.5, 0.6) is 0 Å². The highest BCUT2D eigenvalue weighted by molar-refractivity contribution is 6.08. The molecule has 1 amide bonds. The van der Waals surface area contributed by atoms with Crippen LogP contribution in [0.3, 0.4) is 0 Å². The first-order valence-corrected chi connectivity index (χ1v) is 7.89. The number of hydrogen-bond donors (Lipinski definition) is 1. The summed E-state index contributed by atoms with van der Waals surface area (Å²) in [4.78, 5) is 32.9. The standard InChI is InChI=1S/C19H17N3O3/c1-3-25-19(24)13-7-8-15-14(11-13)17(10-12(2)21-15)22-18(23)16-6-4-5-9-20-16/h4-11H,3H2,1-2H3,(H,21,22,23). The second kappa shape index (κ2) is 7.09. The molecule has 0 fully saturated rings. The number of ether oxygens (including phenoxy) is 1. The Bertz CT molecular complexity index is 939. The maximum Gasteiger partial charge on any atom is 0.338 e. The number of benzene rings is 1. The topological polar surface area (TPSA) is 81.2 Å². The molecule has 0 aliphatic rings. The molecular weight excluding hydrogens is 318 g/mol. The smallest absolute Gasteiger partial charge is 0.338 e. The molecule has 0 spiro atoms. The summed E-state index contributed by atoms with van der Waals surface area (Å²) >= 11 is 0. The number of esters is 1. The summed E-state index contributed by atoms with van der Waals surface area (Å²) in [5.41, 5.74) is 2.74. The van der Waals surface area contributed by atoms with E-state index in [4.69, 9.17) is 4.74 Å². The van der Waals surface area contributed by atoms with Crippen LogP contribution in [0.2, 0.25) is 0 Å². The highest BCUT2D eigenvalue weighted by Gasteiger charge is 2.13. The fraction of sp³-hybridized carbons (Fsp3) is 0.158. The first kappa shape index (κ1) is 16.6. The zero-order chi connectivity index (χ0) is 17.8. The normalized spacial score (nSPS) is 10.5. The molecule has 3 aromatic rings. The highest BCUT2D eigenvalue weighted by Crippen LogP contribution is 2.25. The number of amides is 1. The molecular formula is C19H17N3O3. The van der Waals surface area contributed by atoms with Gasteiger partial charge >= 0.3 is 5.97 Å². The van der Waals surface area contributed by atoms with Crippen molar-refractivity contribution in [2.75, 3.05) is 11.9 Å². The molecule has 6 heteroatoms. The van der Waals surface area contributed by atoms with E-state index in [0.29, 0.717) is 34.5 Å². The Hall–Kier alpha value is -3.28. The maximum atomic E-state index is 12.4. The molecule has 126 valence electrons. The molecule has 6 nitrogen and oxygen atoms in total. The summed E-state index contributed by atoms with van der Waals surface area (Å²) < 4.78 is 5.03. The van der Waals surface area contributed by atoms with E-state index in [9.17, 15) is 9.59 Å². The summed E-state index contributed by atoms with van der Waals surface area (Å²) in [5, 5.41) is 3.51. The summed E-state index contributed by atoms with van der Waals surface area (Å²) in [7, 11) is 0. The largest absolute Gasteiger partial charge is 0.462 e. The predicted molar refractivity (Wildman–Crippen MR) is 94.6 cm³/mol. The molecule has 0 aliphatic heterocycles. The number of carbonyl (C=O) groups is 2. The number of nitrogens with zero attached hydrogens (tertiary/aromatic N) is 2. The van der Waals surface area contributed by atoms with E-state index in [2.05, 4.69) is 15.3 Å². The average molecular weight is 335 g/mol. The highest BCUT2D eigenvalue weighted by atomic mass is 16.5. The molecule has 0 saturated heterocycles. The number of carbonyl (C=O) groups excluding carboxylic acids is 2. The summed E-state index contributed by atoms with van der Waals surface area (Å²) in [6.45, 7) is 3.89. The second-order valence-corrected chi connectivity index (χ2v) is 5.43. The van der Waals surface area contributed by atoms with Gasteiger partial charge in [-0.3, -0.25) is 14.8 Å². The number of anilines is 1. The Morgan fingerprint density at radius 3 is 2.72 bits per heavy atom. The Morgan fingerprint density at radius 1 is 1.16 bits per heavy atom. The summed E-state index contributed by atoms with van der Waals surface area (Å²) in [5.74, 6) is -0.735. The van der Waals surface area contributed by atoms with Gasteiger partial charge in [0.15, 0.2) is 0 Å². The number of pyridine rings is 2. The van der Waals surface area contributed by atoms with Gasteiger partial charge in [0.25, 0.3) is 5.91 Å². The van der Waals surface area contributed by atoms with Crippen molar-refractivity contribution >= 4 is 28.5 Å². The Kier molecular flexibility index (Phi) is 4.70. The summed E-state index contributed by atoms with van der Waals surface area (Å²) in [6.07, 6.45) is 1.56. The van der Waals surface area contributed by atoms with Gasteiger partial charge in [-0.15, -0.1) is 0 Å². The molecule has 0 atom stereocenters. The van der Waals surface area contributed by atoms with E-state index in [1.54, 1.807) is 55.6 Å². The Labute approximate surface area is 144 Å². The number of hydrogen-bond acceptors (Lipinski definition) is 5. The molecule has 3 rings (SSSR count). The van der Waals surface area contributed by atoms with E-state index in [1.165, 1.54) is 0 Å². The monoisotopic (exact) mass is 335 g/mol. The van der Waals surface area contributed by atoms with Crippen LogP contribution in [0.1, 0.15) is 33.5 Å². The van der Waals surface area contributed by atoms with Crippen LogP contribution in [0.4, 0.5) is 5.69 Å². The van der Waals surface area contributed by atoms with Gasteiger partial charge in [0.2, 0.25) is 0 Å². The molecule has 0 bridgehead atoms. The zero-order valence-corrected chi connectivity index (χ0v) is 13.9. The van der Waals surface area contributed by atoms with Gasteiger partial charge in [-0.05, 0) is 50.2 Å². The Balaban J connectivity index is 2.02. The quantitative estimate of drug-likeness (QED) is 0.739. The average Bonchev–Trinajstić information content (AvgIpc) is 2.62. The number of nitrogens with one attached hydrogen (secondary N) is 1. The summed E-state index contributed by atoms with van der Waals surface area (Å²) in [6, 6.07) is 12.0. The van der Waals surface area contributed by atoms with Crippen molar-refractivity contribution in [3.05, 3.63) is 65.6 Å². The van der Waals surface area contributed by atoms with Crippen molar-refractivity contribution < 1.29 is 14.3 Å². The van der Waals surface area contributed by atoms with Crippen molar-refractivity contribution in [1.82, 2.24) is 9.97 Å². The van der Waals surface area contributed by atoms with Gasteiger partial charge in [-0.1, -0.05) is 6.07 Å². The van der Waals surface area contributed by atoms with Crippen LogP contribution in [-0.2, 0) is 4.74 Å². The lowest BCUT2D eigenvalue weighted by atomic mass is 10.1. The van der Waals surface area contributed by atoms with E-state index < -0.39 is 5.97 Å². The van der Waals surface area contributed by atoms with Gasteiger partial charge < -0.3 is 10.1 Å². The molecule has 0 radical (unpaired) electrons. The zero-order valence-electron chi connectivity index (χ0n) is 13.9. The molecule has 1 N–H and O–H groups in total. The van der Waals surface area contributed by atoms with Crippen molar-refractivity contribution in [2.45, 2.75) is 13.8 Å². The number of aromatic nitrogens is 2. The van der Waals surface area contributed by atoms with E-state index in [-0.39, 0.29) is 5.91 Å². The van der Waals surface area contributed by atoms with Gasteiger partial charge in [-0.2, -0.15) is 0 Å². The van der Waals surface area contributed by atoms with E-state index in [1.807, 2.05) is 6.92 Å². The lowest BCUT2D eigenvalue weighted by Gasteiger charge is -2.11. The van der Waals surface area contributed by atoms with Crippen LogP contribution in [-0.4, -0.2) is 28.5 Å². The maximum absolute atomic E-state index is 12.4. The number of rotatable bonds is 4. The number of fused-ring (bicyclic) bond motifs is 1. The molecule has 2 aromatic heterocycles. The minimum absolute atomic E-state index is 0.298. The minimum atomic E-state index is -0.410. The van der Waals surface area contributed by atoms with Crippen LogP contribution in [0.15, 0.2) is 48.7 Å². The minimum Gasteiger partial charge on any atom is -0.462 e. The molecule has 0 saturated carbocycles.